The van der Waals surface area contributed by atoms with Crippen molar-refractivity contribution in [2.24, 2.45) is 0 Å². The molecule has 2 aliphatic heterocycles. The largest absolute Gasteiger partial charge is 0.474 e. The van der Waals surface area contributed by atoms with Crippen molar-refractivity contribution < 1.29 is 14.0 Å². The maximum Gasteiger partial charge on any atom is 0.241 e. The lowest BCUT2D eigenvalue weighted by molar-refractivity contribution is -0.107. The minimum Gasteiger partial charge on any atom is -0.474 e. The van der Waals surface area contributed by atoms with Gasteiger partial charge in [-0.15, -0.1) is 0 Å². The van der Waals surface area contributed by atoms with Gasteiger partial charge in [-0.1, -0.05) is 47.1 Å². The van der Waals surface area contributed by atoms with Gasteiger partial charge in [0, 0.05) is 30.5 Å². The third kappa shape index (κ3) is 5.43. The van der Waals surface area contributed by atoms with Crippen LogP contribution in [0.1, 0.15) is 29.9 Å². The zero-order chi connectivity index (χ0) is 26.8. The molecule has 2 bridgehead atoms. The summed E-state index contributed by atoms with van der Waals surface area (Å²) in [6.45, 7) is 3.71. The van der Waals surface area contributed by atoms with E-state index < -0.39 is 0 Å². The molecule has 2 saturated heterocycles. The minimum absolute atomic E-state index is 0.0253. The third-order valence-corrected chi connectivity index (χ3v) is 7.43. The number of anilines is 2. The van der Waals surface area contributed by atoms with Crippen molar-refractivity contribution in [2.75, 3.05) is 18.5 Å². The fourth-order valence-electron chi connectivity index (χ4n) is 5.12. The van der Waals surface area contributed by atoms with Crippen LogP contribution in [0.25, 0.3) is 11.4 Å². The first-order valence-corrected chi connectivity index (χ1v) is 13.1. The van der Waals surface area contributed by atoms with Crippen molar-refractivity contribution in [2.45, 2.75) is 44.5 Å². The first kappa shape index (κ1) is 25.2. The first-order chi connectivity index (χ1) is 19.1. The Morgan fingerprint density at radius 2 is 1.92 bits per heavy atom. The summed E-state index contributed by atoms with van der Waals surface area (Å²) in [4.78, 5) is 15.8. The van der Waals surface area contributed by atoms with Crippen LogP contribution in [0.3, 0.4) is 0 Å². The van der Waals surface area contributed by atoms with Crippen LogP contribution in [0.5, 0.6) is 5.88 Å². The normalized spacial score (nSPS) is 20.8. The van der Waals surface area contributed by atoms with E-state index in [1.54, 1.807) is 18.2 Å². The molecule has 0 amide bonds. The van der Waals surface area contributed by atoms with Crippen LogP contribution in [-0.2, 0) is 11.3 Å². The van der Waals surface area contributed by atoms with E-state index in [0.717, 1.165) is 24.0 Å². The highest BCUT2D eigenvalue weighted by molar-refractivity contribution is 6.33. The number of nitriles is 1. The van der Waals surface area contributed by atoms with E-state index >= 15 is 0 Å². The average molecular weight is 544 g/mol. The second kappa shape index (κ2) is 11.0. The summed E-state index contributed by atoms with van der Waals surface area (Å²) in [7, 11) is 0. The van der Waals surface area contributed by atoms with Gasteiger partial charge in [-0.05, 0) is 25.1 Å². The number of ether oxygens (including phenoxy) is 2. The summed E-state index contributed by atoms with van der Waals surface area (Å²) in [5.74, 6) is 2.31. The van der Waals surface area contributed by atoms with Gasteiger partial charge in [0.15, 0.2) is 0 Å². The molecule has 2 aromatic carbocycles. The maximum atomic E-state index is 9.08. The monoisotopic (exact) mass is 543 g/mol. The molecule has 0 radical (unpaired) electrons. The molecular weight excluding hydrogens is 518 g/mol. The van der Waals surface area contributed by atoms with Crippen molar-refractivity contribution >= 4 is 23.1 Å². The predicted molar refractivity (Wildman–Crippen MR) is 144 cm³/mol. The van der Waals surface area contributed by atoms with Gasteiger partial charge in [0.25, 0.3) is 0 Å². The van der Waals surface area contributed by atoms with E-state index in [0.29, 0.717) is 59.4 Å². The first-order valence-electron chi connectivity index (χ1n) is 12.7. The molecule has 4 aromatic rings. The van der Waals surface area contributed by atoms with Gasteiger partial charge in [0.2, 0.25) is 17.6 Å². The number of rotatable bonds is 7. The molecule has 2 aromatic heterocycles. The number of aromatic nitrogens is 4. The van der Waals surface area contributed by atoms with Crippen LogP contribution < -0.4 is 10.1 Å². The molecular formula is C28H26ClN7O3. The molecule has 10 nitrogen and oxygen atoms in total. The summed E-state index contributed by atoms with van der Waals surface area (Å²) in [6, 6.07) is 17.3. The number of nitrogens with zero attached hydrogens (tertiary/aromatic N) is 6. The maximum absolute atomic E-state index is 9.08. The highest BCUT2D eigenvalue weighted by Crippen LogP contribution is 2.34. The van der Waals surface area contributed by atoms with E-state index in [-0.39, 0.29) is 18.2 Å². The zero-order valence-electron chi connectivity index (χ0n) is 21.2. The summed E-state index contributed by atoms with van der Waals surface area (Å²) >= 11 is 6.34. The van der Waals surface area contributed by atoms with E-state index in [4.69, 9.17) is 30.9 Å². The standard InChI is InChI=1S/C28H26ClN7O3/c1-17-26(33-24-8-7-18(12-30)9-23(24)29)31-16-32-28(17)38-22-10-20-14-37-15-21(11-22)36(20)13-25-34-27(35-39-25)19-5-3-2-4-6-19/h2-9,16,20-22H,10-11,13-15H2,1H3,(H,31,32,33). The van der Waals surface area contributed by atoms with Gasteiger partial charge in [-0.25, -0.2) is 9.97 Å². The highest BCUT2D eigenvalue weighted by Gasteiger charge is 2.41. The molecule has 1 N–H and O–H groups in total. The van der Waals surface area contributed by atoms with E-state index in [2.05, 4.69) is 36.4 Å². The van der Waals surface area contributed by atoms with Crippen LogP contribution in [0.4, 0.5) is 11.5 Å². The molecule has 39 heavy (non-hydrogen) atoms. The second-order valence-electron chi connectivity index (χ2n) is 9.69. The Balaban J connectivity index is 1.13. The van der Waals surface area contributed by atoms with Gasteiger partial charge in [0.05, 0.1) is 47.7 Å². The van der Waals surface area contributed by atoms with Crippen molar-refractivity contribution in [3.05, 3.63) is 76.9 Å². The van der Waals surface area contributed by atoms with Crippen molar-refractivity contribution in [1.82, 2.24) is 25.0 Å². The van der Waals surface area contributed by atoms with Gasteiger partial charge in [-0.3, -0.25) is 4.90 Å². The lowest BCUT2D eigenvalue weighted by Crippen LogP contribution is -2.58. The molecule has 11 heteroatoms. The lowest BCUT2D eigenvalue weighted by atomic mass is 9.91. The fraction of sp³-hybridized carbons (Fsp3) is 0.321. The molecule has 0 aliphatic carbocycles. The smallest absolute Gasteiger partial charge is 0.241 e. The number of fused-ring (bicyclic) bond motifs is 2. The van der Waals surface area contributed by atoms with Crippen LogP contribution in [-0.4, -0.2) is 56.4 Å². The number of morpholine rings is 1. The number of benzene rings is 2. The number of hydrogen-bond donors (Lipinski definition) is 1. The summed E-state index contributed by atoms with van der Waals surface area (Å²) in [6.07, 6.45) is 3.01. The molecule has 0 spiro atoms. The molecule has 2 unspecified atom stereocenters. The highest BCUT2D eigenvalue weighted by atomic mass is 35.5. The summed E-state index contributed by atoms with van der Waals surface area (Å²) in [5.41, 5.74) is 2.85. The molecule has 2 fully saturated rings. The predicted octanol–water partition coefficient (Wildman–Crippen LogP) is 4.91. The average Bonchev–Trinajstić information content (AvgIpc) is 3.41. The molecule has 4 heterocycles. The summed E-state index contributed by atoms with van der Waals surface area (Å²) < 4.78 is 17.9. The molecule has 2 atom stereocenters. The van der Waals surface area contributed by atoms with Gasteiger partial charge < -0.3 is 19.3 Å². The van der Waals surface area contributed by atoms with Crippen LogP contribution in [0, 0.1) is 18.3 Å². The third-order valence-electron chi connectivity index (χ3n) is 7.11. The Kier molecular flexibility index (Phi) is 7.11. The van der Waals surface area contributed by atoms with Gasteiger partial charge in [0.1, 0.15) is 18.2 Å². The molecule has 6 rings (SSSR count). The quantitative estimate of drug-likeness (QED) is 0.344. The minimum atomic E-state index is -0.0253. The Morgan fingerprint density at radius 1 is 1.13 bits per heavy atom. The lowest BCUT2D eigenvalue weighted by Gasteiger charge is -2.47. The zero-order valence-corrected chi connectivity index (χ0v) is 22.0. The van der Waals surface area contributed by atoms with E-state index in [1.807, 2.05) is 37.3 Å². The Labute approximate surface area is 230 Å². The van der Waals surface area contributed by atoms with Gasteiger partial charge >= 0.3 is 0 Å². The van der Waals surface area contributed by atoms with E-state index in [1.165, 1.54) is 6.33 Å². The van der Waals surface area contributed by atoms with Crippen molar-refractivity contribution in [3.63, 3.8) is 0 Å². The van der Waals surface area contributed by atoms with Crippen molar-refractivity contribution in [1.29, 1.82) is 5.26 Å². The van der Waals surface area contributed by atoms with Gasteiger partial charge in [-0.2, -0.15) is 10.2 Å². The number of piperidine rings is 1. The van der Waals surface area contributed by atoms with Crippen LogP contribution in [0.2, 0.25) is 5.02 Å². The molecule has 2 aliphatic rings. The van der Waals surface area contributed by atoms with Crippen LogP contribution in [0.15, 0.2) is 59.4 Å². The number of hydrogen-bond acceptors (Lipinski definition) is 10. The Morgan fingerprint density at radius 3 is 2.67 bits per heavy atom. The van der Waals surface area contributed by atoms with Crippen molar-refractivity contribution in [3.8, 4) is 23.3 Å². The Hall–Kier alpha value is -4.04. The number of nitrogens with one attached hydrogen (secondary N) is 1. The molecule has 0 saturated carbocycles. The molecule has 198 valence electrons. The van der Waals surface area contributed by atoms with E-state index in [9.17, 15) is 0 Å². The number of halogens is 1. The summed E-state index contributed by atoms with van der Waals surface area (Å²) in [5, 5.41) is 16.9. The Bertz CT molecular complexity index is 1490. The second-order valence-corrected chi connectivity index (χ2v) is 10.1. The topological polar surface area (TPSA) is 122 Å². The fourth-order valence-corrected chi connectivity index (χ4v) is 5.35. The SMILES string of the molecule is Cc1c(Nc2ccc(C#N)cc2Cl)ncnc1OC1CC2COCC(C1)N2Cc1nc(-c2ccccc2)no1. The van der Waals surface area contributed by atoms with Crippen LogP contribution >= 0.6 is 11.6 Å².